The Morgan fingerprint density at radius 2 is 1.62 bits per heavy atom. The molecule has 0 bridgehead atoms. The first-order valence-electron chi connectivity index (χ1n) is 8.42. The summed E-state index contributed by atoms with van der Waals surface area (Å²) in [5.74, 6) is 1.60. The summed E-state index contributed by atoms with van der Waals surface area (Å²) >= 11 is 1.69. The summed E-state index contributed by atoms with van der Waals surface area (Å²) in [4.78, 5) is 4.45. The van der Waals surface area contributed by atoms with Crippen LogP contribution in [0.15, 0.2) is 84.1 Å². The van der Waals surface area contributed by atoms with Crippen LogP contribution >= 0.6 is 11.8 Å². The van der Waals surface area contributed by atoms with E-state index in [1.807, 2.05) is 36.4 Å². The lowest BCUT2D eigenvalue weighted by molar-refractivity contribution is 0.884. The van der Waals surface area contributed by atoms with Gasteiger partial charge in [-0.1, -0.05) is 60.3 Å². The molecule has 0 spiro atoms. The Labute approximate surface area is 157 Å². The van der Waals surface area contributed by atoms with Crippen LogP contribution in [0.25, 0.3) is 17.2 Å². The van der Waals surface area contributed by atoms with Gasteiger partial charge in [0.25, 0.3) is 0 Å². The van der Waals surface area contributed by atoms with E-state index in [1.54, 1.807) is 18.0 Å². The summed E-state index contributed by atoms with van der Waals surface area (Å²) in [7, 11) is 0. The molecule has 4 nitrogen and oxygen atoms in total. The summed E-state index contributed by atoms with van der Waals surface area (Å²) in [5, 5.41) is 9.74. The Balaban J connectivity index is 1.73. The zero-order valence-electron chi connectivity index (χ0n) is 14.4. The molecule has 4 rings (SSSR count). The summed E-state index contributed by atoms with van der Waals surface area (Å²) < 4.78 is 2.07. The zero-order valence-corrected chi connectivity index (χ0v) is 15.2. The van der Waals surface area contributed by atoms with Gasteiger partial charge in [0, 0.05) is 17.6 Å². The van der Waals surface area contributed by atoms with Gasteiger partial charge in [-0.2, -0.15) is 0 Å². The van der Waals surface area contributed by atoms with E-state index in [0.717, 1.165) is 28.1 Å². The minimum absolute atomic E-state index is 0.754. The van der Waals surface area contributed by atoms with Crippen molar-refractivity contribution in [3.8, 4) is 17.2 Å². The highest BCUT2D eigenvalue weighted by atomic mass is 32.2. The zero-order chi connectivity index (χ0) is 17.8. The third-order valence-electron chi connectivity index (χ3n) is 4.16. The van der Waals surface area contributed by atoms with Crippen LogP contribution < -0.4 is 0 Å². The molecular formula is C21H18N4S. The Kier molecular flexibility index (Phi) is 4.80. The third-order valence-corrected chi connectivity index (χ3v) is 5.14. The average molecular weight is 358 g/mol. The SMILES string of the molecule is Cc1ccccc1CSc1nnc(-c2ccccn2)n1-c1ccccc1. The minimum atomic E-state index is 0.754. The molecule has 0 atom stereocenters. The fourth-order valence-electron chi connectivity index (χ4n) is 2.75. The number of aromatic nitrogens is 4. The van der Waals surface area contributed by atoms with Crippen molar-refractivity contribution < 1.29 is 0 Å². The van der Waals surface area contributed by atoms with Crippen LogP contribution in [0.4, 0.5) is 0 Å². The minimum Gasteiger partial charge on any atom is -0.269 e. The Morgan fingerprint density at radius 3 is 2.38 bits per heavy atom. The molecular weight excluding hydrogens is 340 g/mol. The topological polar surface area (TPSA) is 43.6 Å². The molecule has 0 aliphatic rings. The van der Waals surface area contributed by atoms with Crippen molar-refractivity contribution in [2.24, 2.45) is 0 Å². The van der Waals surface area contributed by atoms with E-state index in [0.29, 0.717) is 0 Å². The molecule has 4 aromatic rings. The Bertz CT molecular complexity index is 997. The van der Waals surface area contributed by atoms with E-state index >= 15 is 0 Å². The summed E-state index contributed by atoms with van der Waals surface area (Å²) in [6, 6.07) is 24.4. The lowest BCUT2D eigenvalue weighted by Gasteiger charge is -2.10. The normalized spacial score (nSPS) is 10.8. The molecule has 2 aromatic carbocycles. The van der Waals surface area contributed by atoms with Gasteiger partial charge in [0.1, 0.15) is 5.69 Å². The van der Waals surface area contributed by atoms with Crippen molar-refractivity contribution in [1.29, 1.82) is 0 Å². The number of thioether (sulfide) groups is 1. The summed E-state index contributed by atoms with van der Waals surface area (Å²) in [5.41, 5.74) is 4.44. The van der Waals surface area contributed by atoms with Crippen molar-refractivity contribution in [3.05, 3.63) is 90.1 Å². The van der Waals surface area contributed by atoms with Crippen LogP contribution in [0, 0.1) is 6.92 Å². The van der Waals surface area contributed by atoms with E-state index in [1.165, 1.54) is 11.1 Å². The van der Waals surface area contributed by atoms with Gasteiger partial charge in [-0.15, -0.1) is 10.2 Å². The van der Waals surface area contributed by atoms with E-state index in [2.05, 4.69) is 63.1 Å². The van der Waals surface area contributed by atoms with Gasteiger partial charge in [0.05, 0.1) is 0 Å². The maximum atomic E-state index is 4.45. The van der Waals surface area contributed by atoms with Gasteiger partial charge >= 0.3 is 0 Å². The predicted octanol–water partition coefficient (Wildman–Crippen LogP) is 4.93. The summed E-state index contributed by atoms with van der Waals surface area (Å²) in [6.45, 7) is 2.14. The number of pyridine rings is 1. The predicted molar refractivity (Wildman–Crippen MR) is 105 cm³/mol. The van der Waals surface area contributed by atoms with Crippen molar-refractivity contribution in [2.75, 3.05) is 0 Å². The molecule has 5 heteroatoms. The first kappa shape index (κ1) is 16.5. The van der Waals surface area contributed by atoms with E-state index in [4.69, 9.17) is 0 Å². The quantitative estimate of drug-likeness (QED) is 0.475. The van der Waals surface area contributed by atoms with Gasteiger partial charge in [0.15, 0.2) is 11.0 Å². The Hall–Kier alpha value is -2.92. The molecule has 0 radical (unpaired) electrons. The second kappa shape index (κ2) is 7.54. The van der Waals surface area contributed by atoms with Crippen LogP contribution in [-0.2, 0) is 5.75 Å². The van der Waals surface area contributed by atoms with Crippen LogP contribution in [0.5, 0.6) is 0 Å². The monoisotopic (exact) mass is 358 g/mol. The Morgan fingerprint density at radius 1 is 0.846 bits per heavy atom. The van der Waals surface area contributed by atoms with Crippen molar-refractivity contribution in [1.82, 2.24) is 19.7 Å². The smallest absolute Gasteiger partial charge is 0.196 e. The van der Waals surface area contributed by atoms with Crippen LogP contribution in [0.2, 0.25) is 0 Å². The maximum absolute atomic E-state index is 4.45. The molecule has 26 heavy (non-hydrogen) atoms. The second-order valence-electron chi connectivity index (χ2n) is 5.91. The van der Waals surface area contributed by atoms with Crippen molar-refractivity contribution in [3.63, 3.8) is 0 Å². The molecule has 0 unspecified atom stereocenters. The number of hydrogen-bond donors (Lipinski definition) is 0. The highest BCUT2D eigenvalue weighted by molar-refractivity contribution is 7.98. The highest BCUT2D eigenvalue weighted by Gasteiger charge is 2.17. The number of nitrogens with zero attached hydrogens (tertiary/aromatic N) is 4. The molecule has 0 N–H and O–H groups in total. The molecule has 0 saturated carbocycles. The fraction of sp³-hybridized carbons (Fsp3) is 0.0952. The molecule has 0 amide bonds. The van der Waals surface area contributed by atoms with Crippen LogP contribution in [0.1, 0.15) is 11.1 Å². The number of hydrogen-bond acceptors (Lipinski definition) is 4. The lowest BCUT2D eigenvalue weighted by Crippen LogP contribution is -2.00. The van der Waals surface area contributed by atoms with E-state index in [9.17, 15) is 0 Å². The van der Waals surface area contributed by atoms with Gasteiger partial charge in [0.2, 0.25) is 0 Å². The third kappa shape index (κ3) is 3.39. The molecule has 128 valence electrons. The van der Waals surface area contributed by atoms with E-state index in [-0.39, 0.29) is 0 Å². The average Bonchev–Trinajstić information content (AvgIpc) is 3.13. The van der Waals surface area contributed by atoms with Gasteiger partial charge in [-0.3, -0.25) is 9.55 Å². The van der Waals surface area contributed by atoms with E-state index < -0.39 is 0 Å². The molecule has 0 aliphatic carbocycles. The number of para-hydroxylation sites is 1. The summed E-state index contributed by atoms with van der Waals surface area (Å²) in [6.07, 6.45) is 1.78. The standard InChI is InChI=1S/C21H18N4S/c1-16-9-5-6-10-17(16)15-26-21-24-23-20(19-13-7-8-14-22-19)25(21)18-11-3-2-4-12-18/h2-14H,15H2,1H3. The van der Waals surface area contributed by atoms with Crippen LogP contribution in [-0.4, -0.2) is 19.7 Å². The molecule has 2 aromatic heterocycles. The van der Waals surface area contributed by atoms with Crippen molar-refractivity contribution in [2.45, 2.75) is 17.8 Å². The molecule has 0 fully saturated rings. The fourth-order valence-corrected chi connectivity index (χ4v) is 3.78. The van der Waals surface area contributed by atoms with Crippen molar-refractivity contribution >= 4 is 11.8 Å². The highest BCUT2D eigenvalue weighted by Crippen LogP contribution is 2.29. The molecule has 0 aliphatic heterocycles. The first-order valence-corrected chi connectivity index (χ1v) is 9.41. The van der Waals surface area contributed by atoms with Gasteiger partial charge in [-0.25, -0.2) is 0 Å². The van der Waals surface area contributed by atoms with Crippen LogP contribution in [0.3, 0.4) is 0 Å². The number of benzene rings is 2. The first-order chi connectivity index (χ1) is 12.8. The lowest BCUT2D eigenvalue weighted by atomic mass is 10.1. The molecule has 2 heterocycles. The maximum Gasteiger partial charge on any atom is 0.196 e. The number of aryl methyl sites for hydroxylation is 1. The number of rotatable bonds is 5. The largest absolute Gasteiger partial charge is 0.269 e. The van der Waals surface area contributed by atoms with Gasteiger partial charge < -0.3 is 0 Å². The second-order valence-corrected chi connectivity index (χ2v) is 6.85. The van der Waals surface area contributed by atoms with Gasteiger partial charge in [-0.05, 0) is 42.3 Å². The molecule has 0 saturated heterocycles.